The van der Waals surface area contributed by atoms with Gasteiger partial charge in [-0.1, -0.05) is 30.3 Å². The average molecular weight is 436 g/mol. The summed E-state index contributed by atoms with van der Waals surface area (Å²) in [6.07, 6.45) is 2.13. The van der Waals surface area contributed by atoms with E-state index >= 15 is 0 Å². The third-order valence-corrected chi connectivity index (χ3v) is 4.87. The van der Waals surface area contributed by atoms with Gasteiger partial charge in [0.05, 0.1) is 16.9 Å². The molecule has 0 bridgehead atoms. The van der Waals surface area contributed by atoms with E-state index in [9.17, 15) is 18.8 Å². The molecule has 8 nitrogen and oxygen atoms in total. The molecule has 0 atom stereocenters. The molecule has 0 aliphatic heterocycles. The third kappa shape index (κ3) is 5.18. The van der Waals surface area contributed by atoms with Crippen LogP contribution in [0.2, 0.25) is 0 Å². The minimum atomic E-state index is -0.819. The summed E-state index contributed by atoms with van der Waals surface area (Å²) in [5.74, 6) is -1.93. The monoisotopic (exact) mass is 436 g/mol. The van der Waals surface area contributed by atoms with E-state index in [0.717, 1.165) is 30.3 Å². The molecule has 2 amide bonds. The molecule has 2 aromatic carbocycles. The maximum Gasteiger partial charge on any atom is 0.325 e. The van der Waals surface area contributed by atoms with Crippen molar-refractivity contribution in [2.24, 2.45) is 0 Å². The first kappa shape index (κ1) is 21.2. The molecular formula is C23H21FN4O4. The molecule has 164 valence electrons. The third-order valence-electron chi connectivity index (χ3n) is 4.87. The van der Waals surface area contributed by atoms with Crippen LogP contribution in [-0.2, 0) is 14.3 Å². The molecule has 1 fully saturated rings. The van der Waals surface area contributed by atoms with Gasteiger partial charge in [0, 0.05) is 12.0 Å². The molecule has 0 unspecified atom stereocenters. The van der Waals surface area contributed by atoms with Crippen LogP contribution < -0.4 is 10.6 Å². The Morgan fingerprint density at radius 2 is 1.78 bits per heavy atom. The van der Waals surface area contributed by atoms with Gasteiger partial charge in [-0.05, 0) is 37.1 Å². The summed E-state index contributed by atoms with van der Waals surface area (Å²) in [4.78, 5) is 36.2. The van der Waals surface area contributed by atoms with E-state index in [2.05, 4.69) is 15.7 Å². The number of nitrogens with zero attached hydrogens (tertiary/aromatic N) is 2. The minimum Gasteiger partial charge on any atom is -0.454 e. The van der Waals surface area contributed by atoms with Gasteiger partial charge in [-0.15, -0.1) is 0 Å². The number of halogens is 1. The zero-order chi connectivity index (χ0) is 22.5. The van der Waals surface area contributed by atoms with E-state index < -0.39 is 36.8 Å². The molecule has 1 aliphatic carbocycles. The van der Waals surface area contributed by atoms with E-state index in [0.29, 0.717) is 11.7 Å². The second-order valence-corrected chi connectivity index (χ2v) is 7.35. The number of carbonyl (C=O) groups excluding carboxylic acids is 3. The van der Waals surface area contributed by atoms with Gasteiger partial charge >= 0.3 is 5.97 Å². The first-order chi connectivity index (χ1) is 15.5. The lowest BCUT2D eigenvalue weighted by Gasteiger charge is -2.10. The Hall–Kier alpha value is -4.01. The normalized spacial score (nSPS) is 12.8. The van der Waals surface area contributed by atoms with Crippen LogP contribution in [0.4, 0.5) is 10.2 Å². The van der Waals surface area contributed by atoms with Crippen LogP contribution in [0, 0.1) is 5.82 Å². The smallest absolute Gasteiger partial charge is 0.325 e. The summed E-state index contributed by atoms with van der Waals surface area (Å²) in [7, 11) is 0. The molecule has 4 rings (SSSR count). The SMILES string of the molecule is O=C(COC(=O)CNC(=O)c1ccccc1F)Nc1cc(C2CC2)nn1-c1ccccc1. The van der Waals surface area contributed by atoms with Crippen molar-refractivity contribution >= 4 is 23.6 Å². The molecule has 1 aliphatic rings. The predicted molar refractivity (Wildman–Crippen MR) is 114 cm³/mol. The van der Waals surface area contributed by atoms with Crippen molar-refractivity contribution in [2.45, 2.75) is 18.8 Å². The van der Waals surface area contributed by atoms with Gasteiger partial charge in [0.25, 0.3) is 11.8 Å². The lowest BCUT2D eigenvalue weighted by molar-refractivity contribution is -0.146. The summed E-state index contributed by atoms with van der Waals surface area (Å²) in [5, 5.41) is 9.57. The summed E-state index contributed by atoms with van der Waals surface area (Å²) in [5.41, 5.74) is 1.51. The number of nitrogens with one attached hydrogen (secondary N) is 2. The number of aromatic nitrogens is 2. The molecule has 1 aromatic heterocycles. The number of benzene rings is 2. The van der Waals surface area contributed by atoms with E-state index in [-0.39, 0.29) is 5.56 Å². The number of carbonyl (C=O) groups is 3. The summed E-state index contributed by atoms with van der Waals surface area (Å²) in [6.45, 7) is -1.03. The van der Waals surface area contributed by atoms with Crippen LogP contribution in [-0.4, -0.2) is 40.7 Å². The Bertz CT molecular complexity index is 1140. The zero-order valence-corrected chi connectivity index (χ0v) is 17.1. The fourth-order valence-corrected chi connectivity index (χ4v) is 3.10. The number of para-hydroxylation sites is 1. The highest BCUT2D eigenvalue weighted by Crippen LogP contribution is 2.40. The number of rotatable bonds is 8. The maximum atomic E-state index is 13.6. The standard InChI is InChI=1S/C23H21FN4O4/c24-18-9-5-4-8-17(18)23(31)25-13-22(30)32-14-21(29)26-20-12-19(15-10-11-15)27-28(20)16-6-2-1-3-7-16/h1-9,12,15H,10-11,13-14H2,(H,25,31)(H,26,29). The summed E-state index contributed by atoms with van der Waals surface area (Å²) in [6, 6.07) is 16.6. The molecule has 9 heteroatoms. The highest BCUT2D eigenvalue weighted by molar-refractivity contribution is 5.96. The van der Waals surface area contributed by atoms with Crippen LogP contribution in [0.15, 0.2) is 60.7 Å². The average Bonchev–Trinajstić information content (AvgIpc) is 3.57. The molecular weight excluding hydrogens is 415 g/mol. The second kappa shape index (κ2) is 9.42. The summed E-state index contributed by atoms with van der Waals surface area (Å²) >= 11 is 0. The van der Waals surface area contributed by atoms with Crippen molar-refractivity contribution in [3.63, 3.8) is 0 Å². The maximum absolute atomic E-state index is 13.6. The van der Waals surface area contributed by atoms with Crippen LogP contribution in [0.3, 0.4) is 0 Å². The quantitative estimate of drug-likeness (QED) is 0.529. The van der Waals surface area contributed by atoms with Gasteiger partial charge in [0.15, 0.2) is 6.61 Å². The molecule has 0 saturated heterocycles. The van der Waals surface area contributed by atoms with E-state index in [1.165, 1.54) is 18.2 Å². The van der Waals surface area contributed by atoms with Crippen molar-refractivity contribution in [3.05, 3.63) is 77.7 Å². The Balaban J connectivity index is 1.31. The van der Waals surface area contributed by atoms with Crippen LogP contribution >= 0.6 is 0 Å². The zero-order valence-electron chi connectivity index (χ0n) is 17.1. The summed E-state index contributed by atoms with van der Waals surface area (Å²) < 4.78 is 20.2. The highest BCUT2D eigenvalue weighted by Gasteiger charge is 2.28. The first-order valence-electron chi connectivity index (χ1n) is 10.1. The molecule has 3 aromatic rings. The predicted octanol–water partition coefficient (Wildman–Crippen LogP) is 2.80. The second-order valence-electron chi connectivity index (χ2n) is 7.35. The Morgan fingerprint density at radius 1 is 1.06 bits per heavy atom. The van der Waals surface area contributed by atoms with E-state index in [1.807, 2.05) is 36.4 Å². The minimum absolute atomic E-state index is 0.182. The van der Waals surface area contributed by atoms with Crippen LogP contribution in [0.5, 0.6) is 0 Å². The lowest BCUT2D eigenvalue weighted by Crippen LogP contribution is -2.32. The van der Waals surface area contributed by atoms with Crippen LogP contribution in [0.1, 0.15) is 34.8 Å². The number of hydrogen-bond acceptors (Lipinski definition) is 5. The molecule has 32 heavy (non-hydrogen) atoms. The molecule has 0 radical (unpaired) electrons. The van der Waals surface area contributed by atoms with Crippen molar-refractivity contribution in [1.82, 2.24) is 15.1 Å². The fraction of sp³-hybridized carbons (Fsp3) is 0.217. The topological polar surface area (TPSA) is 102 Å². The van der Waals surface area contributed by atoms with Gasteiger partial charge in [-0.25, -0.2) is 9.07 Å². The number of esters is 1. The van der Waals surface area contributed by atoms with Gasteiger partial charge in [0.2, 0.25) is 0 Å². The number of amides is 2. The van der Waals surface area contributed by atoms with E-state index in [1.54, 1.807) is 4.68 Å². The van der Waals surface area contributed by atoms with Crippen molar-refractivity contribution in [3.8, 4) is 5.69 Å². The van der Waals surface area contributed by atoms with Gasteiger partial charge in [-0.3, -0.25) is 14.4 Å². The lowest BCUT2D eigenvalue weighted by atomic mass is 10.2. The molecule has 1 saturated carbocycles. The number of ether oxygens (including phenoxy) is 1. The number of hydrogen-bond donors (Lipinski definition) is 2. The largest absolute Gasteiger partial charge is 0.454 e. The van der Waals surface area contributed by atoms with Crippen molar-refractivity contribution in [1.29, 1.82) is 0 Å². The molecule has 1 heterocycles. The van der Waals surface area contributed by atoms with Gasteiger partial charge in [-0.2, -0.15) is 5.10 Å². The van der Waals surface area contributed by atoms with E-state index in [4.69, 9.17) is 4.74 Å². The number of anilines is 1. The first-order valence-corrected chi connectivity index (χ1v) is 10.1. The highest BCUT2D eigenvalue weighted by atomic mass is 19.1. The van der Waals surface area contributed by atoms with Crippen molar-refractivity contribution < 1.29 is 23.5 Å². The van der Waals surface area contributed by atoms with Gasteiger partial charge < -0.3 is 15.4 Å². The fourth-order valence-electron chi connectivity index (χ4n) is 3.10. The Labute approximate surface area is 183 Å². The van der Waals surface area contributed by atoms with Crippen LogP contribution in [0.25, 0.3) is 5.69 Å². The molecule has 2 N–H and O–H groups in total. The Morgan fingerprint density at radius 3 is 2.50 bits per heavy atom. The Kier molecular flexibility index (Phi) is 6.25. The van der Waals surface area contributed by atoms with Gasteiger partial charge in [0.1, 0.15) is 18.2 Å². The van der Waals surface area contributed by atoms with Crippen molar-refractivity contribution in [2.75, 3.05) is 18.5 Å². The molecule has 0 spiro atoms.